The quantitative estimate of drug-likeness (QED) is 0.792. The van der Waals surface area contributed by atoms with E-state index in [2.05, 4.69) is 27.2 Å². The van der Waals surface area contributed by atoms with E-state index in [0.29, 0.717) is 0 Å². The predicted octanol–water partition coefficient (Wildman–Crippen LogP) is 4.06. The van der Waals surface area contributed by atoms with Gasteiger partial charge in [-0.3, -0.25) is 4.98 Å². The molecule has 0 bridgehead atoms. The SMILES string of the molecule is Cc1nc(N[C@H](C)c2ccncc2)c2c3c(sc2n1)CCC3. The number of anilines is 1. The van der Waals surface area contributed by atoms with Gasteiger partial charge in [0.15, 0.2) is 0 Å². The Morgan fingerprint density at radius 3 is 2.82 bits per heavy atom. The van der Waals surface area contributed by atoms with E-state index in [0.717, 1.165) is 22.9 Å². The first kappa shape index (κ1) is 13.6. The molecule has 0 saturated carbocycles. The van der Waals surface area contributed by atoms with E-state index in [4.69, 9.17) is 0 Å². The van der Waals surface area contributed by atoms with Gasteiger partial charge in [-0.1, -0.05) is 0 Å². The van der Waals surface area contributed by atoms with E-state index >= 15 is 0 Å². The number of fused-ring (bicyclic) bond motifs is 3. The number of nitrogens with one attached hydrogen (secondary N) is 1. The van der Waals surface area contributed by atoms with Crippen LogP contribution in [0.25, 0.3) is 10.2 Å². The highest BCUT2D eigenvalue weighted by Crippen LogP contribution is 2.40. The minimum atomic E-state index is 0.192. The van der Waals surface area contributed by atoms with E-state index in [1.54, 1.807) is 0 Å². The Morgan fingerprint density at radius 1 is 1.18 bits per heavy atom. The molecular weight excluding hydrogens is 292 g/mol. The average molecular weight is 310 g/mol. The molecule has 3 aromatic rings. The van der Waals surface area contributed by atoms with Crippen LogP contribution in [0.3, 0.4) is 0 Å². The second-order valence-corrected chi connectivity index (χ2v) is 6.89. The highest BCUT2D eigenvalue weighted by atomic mass is 32.1. The van der Waals surface area contributed by atoms with Crippen LogP contribution >= 0.6 is 11.3 Å². The van der Waals surface area contributed by atoms with Crippen molar-refractivity contribution in [2.75, 3.05) is 5.32 Å². The molecule has 1 N–H and O–H groups in total. The molecule has 0 fully saturated rings. The second kappa shape index (κ2) is 5.32. The van der Waals surface area contributed by atoms with Gasteiger partial charge >= 0.3 is 0 Å². The van der Waals surface area contributed by atoms with Crippen LogP contribution in [0.2, 0.25) is 0 Å². The summed E-state index contributed by atoms with van der Waals surface area (Å²) in [7, 11) is 0. The Labute approximate surface area is 133 Å². The van der Waals surface area contributed by atoms with Crippen molar-refractivity contribution in [3.8, 4) is 0 Å². The lowest BCUT2D eigenvalue weighted by atomic mass is 10.1. The molecule has 22 heavy (non-hydrogen) atoms. The van der Waals surface area contributed by atoms with Crippen molar-refractivity contribution in [2.45, 2.75) is 39.2 Å². The molecule has 0 aromatic carbocycles. The molecule has 112 valence electrons. The molecule has 3 heterocycles. The van der Waals surface area contributed by atoms with Gasteiger partial charge in [0.05, 0.1) is 11.4 Å². The number of nitrogens with zero attached hydrogens (tertiary/aromatic N) is 3. The van der Waals surface area contributed by atoms with Crippen molar-refractivity contribution >= 4 is 27.4 Å². The number of pyridine rings is 1. The van der Waals surface area contributed by atoms with Gasteiger partial charge in [0, 0.05) is 17.3 Å². The number of rotatable bonds is 3. The molecule has 0 saturated heterocycles. The van der Waals surface area contributed by atoms with Gasteiger partial charge in [-0.2, -0.15) is 0 Å². The number of aryl methyl sites for hydroxylation is 3. The van der Waals surface area contributed by atoms with Gasteiger partial charge in [0.1, 0.15) is 16.5 Å². The smallest absolute Gasteiger partial charge is 0.139 e. The summed E-state index contributed by atoms with van der Waals surface area (Å²) in [5.74, 6) is 1.81. The zero-order valence-corrected chi connectivity index (χ0v) is 13.6. The minimum Gasteiger partial charge on any atom is -0.363 e. The van der Waals surface area contributed by atoms with E-state index < -0.39 is 0 Å². The minimum absolute atomic E-state index is 0.192. The summed E-state index contributed by atoms with van der Waals surface area (Å²) < 4.78 is 0. The zero-order valence-electron chi connectivity index (χ0n) is 12.8. The fraction of sp³-hybridized carbons (Fsp3) is 0.353. The van der Waals surface area contributed by atoms with Crippen molar-refractivity contribution in [2.24, 2.45) is 0 Å². The standard InChI is InChI=1S/C17H18N4S/c1-10(12-6-8-18-9-7-12)19-16-15-13-4-3-5-14(13)22-17(15)21-11(2)20-16/h6-10H,3-5H2,1-2H3,(H,19,20,21)/t10-/m1/s1. The van der Waals surface area contributed by atoms with Crippen LogP contribution in [0.1, 0.15) is 41.2 Å². The highest BCUT2D eigenvalue weighted by Gasteiger charge is 2.22. The Morgan fingerprint density at radius 2 is 2.00 bits per heavy atom. The van der Waals surface area contributed by atoms with E-state index in [9.17, 15) is 0 Å². The van der Waals surface area contributed by atoms with Crippen LogP contribution in [0.5, 0.6) is 0 Å². The first-order valence-electron chi connectivity index (χ1n) is 7.67. The molecule has 1 aliphatic rings. The van der Waals surface area contributed by atoms with Gasteiger partial charge in [0.25, 0.3) is 0 Å². The fourth-order valence-corrected chi connectivity index (χ4v) is 4.45. The van der Waals surface area contributed by atoms with Gasteiger partial charge in [-0.05, 0) is 56.4 Å². The lowest BCUT2D eigenvalue weighted by Gasteiger charge is -2.16. The molecule has 5 heteroatoms. The van der Waals surface area contributed by atoms with E-state index in [1.165, 1.54) is 34.2 Å². The van der Waals surface area contributed by atoms with E-state index in [-0.39, 0.29) is 6.04 Å². The maximum absolute atomic E-state index is 4.69. The van der Waals surface area contributed by atoms with Crippen molar-refractivity contribution in [1.29, 1.82) is 0 Å². The van der Waals surface area contributed by atoms with Crippen LogP contribution in [-0.4, -0.2) is 15.0 Å². The van der Waals surface area contributed by atoms with Gasteiger partial charge in [-0.15, -0.1) is 11.3 Å². The summed E-state index contributed by atoms with van der Waals surface area (Å²) in [6, 6.07) is 4.28. The van der Waals surface area contributed by atoms with Crippen molar-refractivity contribution in [3.63, 3.8) is 0 Å². The van der Waals surface area contributed by atoms with Crippen LogP contribution in [-0.2, 0) is 12.8 Å². The van der Waals surface area contributed by atoms with Crippen molar-refractivity contribution in [3.05, 3.63) is 46.4 Å². The second-order valence-electron chi connectivity index (χ2n) is 5.80. The summed E-state index contributed by atoms with van der Waals surface area (Å²) in [4.78, 5) is 16.0. The molecular formula is C17H18N4S. The summed E-state index contributed by atoms with van der Waals surface area (Å²) in [6.45, 7) is 4.12. The van der Waals surface area contributed by atoms with Crippen LogP contribution < -0.4 is 5.32 Å². The lowest BCUT2D eigenvalue weighted by molar-refractivity contribution is 0.868. The van der Waals surface area contributed by atoms with Crippen molar-refractivity contribution < 1.29 is 0 Å². The third-order valence-electron chi connectivity index (χ3n) is 4.24. The summed E-state index contributed by atoms with van der Waals surface area (Å²) in [6.07, 6.45) is 7.26. The molecule has 4 nitrogen and oxygen atoms in total. The summed E-state index contributed by atoms with van der Waals surface area (Å²) >= 11 is 1.84. The highest BCUT2D eigenvalue weighted by molar-refractivity contribution is 7.19. The lowest BCUT2D eigenvalue weighted by Crippen LogP contribution is -2.09. The first-order valence-corrected chi connectivity index (χ1v) is 8.49. The maximum atomic E-state index is 4.69. The van der Waals surface area contributed by atoms with Crippen molar-refractivity contribution in [1.82, 2.24) is 15.0 Å². The fourth-order valence-electron chi connectivity index (χ4n) is 3.15. The molecule has 0 amide bonds. The number of thiophene rings is 1. The first-order chi connectivity index (χ1) is 10.7. The van der Waals surface area contributed by atoms with Crippen LogP contribution in [0, 0.1) is 6.92 Å². The Hall–Kier alpha value is -2.01. The van der Waals surface area contributed by atoms with Gasteiger partial charge < -0.3 is 5.32 Å². The number of hydrogen-bond acceptors (Lipinski definition) is 5. The number of hydrogen-bond donors (Lipinski definition) is 1. The summed E-state index contributed by atoms with van der Waals surface area (Å²) in [5.41, 5.74) is 2.68. The van der Waals surface area contributed by atoms with Gasteiger partial charge in [-0.25, -0.2) is 9.97 Å². The molecule has 0 aliphatic heterocycles. The molecule has 1 aliphatic carbocycles. The topological polar surface area (TPSA) is 50.7 Å². The Bertz CT molecular complexity index is 826. The molecule has 0 unspecified atom stereocenters. The maximum Gasteiger partial charge on any atom is 0.139 e. The third kappa shape index (κ3) is 2.25. The molecule has 4 rings (SSSR count). The molecule has 0 spiro atoms. The van der Waals surface area contributed by atoms with E-state index in [1.807, 2.05) is 42.8 Å². The molecule has 3 aromatic heterocycles. The largest absolute Gasteiger partial charge is 0.363 e. The summed E-state index contributed by atoms with van der Waals surface area (Å²) in [5, 5.41) is 4.83. The van der Waals surface area contributed by atoms with Crippen LogP contribution in [0.15, 0.2) is 24.5 Å². The monoisotopic (exact) mass is 310 g/mol. The molecule has 0 radical (unpaired) electrons. The Kier molecular flexibility index (Phi) is 3.30. The average Bonchev–Trinajstić information content (AvgIpc) is 3.08. The van der Waals surface area contributed by atoms with Gasteiger partial charge in [0.2, 0.25) is 0 Å². The zero-order chi connectivity index (χ0) is 15.1. The third-order valence-corrected chi connectivity index (χ3v) is 5.42. The van der Waals surface area contributed by atoms with Crippen LogP contribution in [0.4, 0.5) is 5.82 Å². The predicted molar refractivity (Wildman–Crippen MR) is 90.5 cm³/mol. The normalized spacial score (nSPS) is 15.0. The Balaban J connectivity index is 1.78. The number of aromatic nitrogens is 3. The molecule has 1 atom stereocenters.